The molecule has 0 aromatic heterocycles. The molecule has 108 valence electrons. The molecule has 0 bridgehead atoms. The van der Waals surface area contributed by atoms with Crippen molar-refractivity contribution in [2.24, 2.45) is 0 Å². The van der Waals surface area contributed by atoms with Gasteiger partial charge in [0.05, 0.1) is 24.1 Å². The van der Waals surface area contributed by atoms with E-state index in [2.05, 4.69) is 0 Å². The van der Waals surface area contributed by atoms with Crippen molar-refractivity contribution in [2.45, 2.75) is 26.9 Å². The van der Waals surface area contributed by atoms with E-state index in [-0.39, 0.29) is 11.9 Å². The highest BCUT2D eigenvalue weighted by Gasteiger charge is 2.14. The van der Waals surface area contributed by atoms with E-state index in [4.69, 9.17) is 15.2 Å². The summed E-state index contributed by atoms with van der Waals surface area (Å²) in [5, 5.41) is 0. The summed E-state index contributed by atoms with van der Waals surface area (Å²) in [6.45, 7) is 7.78. The zero-order valence-electron chi connectivity index (χ0n) is 12.1. The normalized spacial score (nSPS) is 10.8. The Morgan fingerprint density at radius 2 is 2.05 bits per heavy atom. The molecule has 0 fully saturated rings. The molecule has 0 saturated carbocycles. The van der Waals surface area contributed by atoms with E-state index in [0.29, 0.717) is 18.8 Å². The maximum Gasteiger partial charge on any atom is 0.167 e. The van der Waals surface area contributed by atoms with Gasteiger partial charge in [-0.05, 0) is 20.8 Å². The first-order valence-electron chi connectivity index (χ1n) is 6.49. The number of benzene rings is 1. The van der Waals surface area contributed by atoms with Crippen molar-refractivity contribution in [2.75, 3.05) is 37.4 Å². The Bertz CT molecular complexity index is 411. The predicted octanol–water partition coefficient (Wildman–Crippen LogP) is 2.67. The third kappa shape index (κ3) is 4.28. The number of methoxy groups -OCH3 is 1. The largest absolute Gasteiger partial charge is 0.488 e. The summed E-state index contributed by atoms with van der Waals surface area (Å²) in [5.74, 6) is -0.201. The summed E-state index contributed by atoms with van der Waals surface area (Å²) < 4.78 is 24.3. The second-order valence-corrected chi connectivity index (χ2v) is 4.58. The van der Waals surface area contributed by atoms with Gasteiger partial charge >= 0.3 is 0 Å². The third-order valence-corrected chi connectivity index (χ3v) is 2.73. The fourth-order valence-corrected chi connectivity index (χ4v) is 1.83. The third-order valence-electron chi connectivity index (χ3n) is 2.73. The first kappa shape index (κ1) is 15.6. The molecule has 0 unspecified atom stereocenters. The van der Waals surface area contributed by atoms with E-state index in [1.54, 1.807) is 13.2 Å². The molecule has 1 rings (SSSR count). The smallest absolute Gasteiger partial charge is 0.167 e. The monoisotopic (exact) mass is 270 g/mol. The van der Waals surface area contributed by atoms with Gasteiger partial charge in [-0.15, -0.1) is 0 Å². The van der Waals surface area contributed by atoms with Gasteiger partial charge in [0.25, 0.3) is 0 Å². The molecule has 4 nitrogen and oxygen atoms in total. The number of halogens is 1. The number of ether oxygens (including phenoxy) is 2. The molecule has 0 aliphatic carbocycles. The number of nitrogens with zero attached hydrogens (tertiary/aromatic N) is 1. The van der Waals surface area contributed by atoms with Crippen molar-refractivity contribution >= 4 is 11.4 Å². The SMILES string of the molecule is CCN(CCOC)c1cc(OC(C)C)c(F)cc1N. The molecule has 2 N–H and O–H groups in total. The quantitative estimate of drug-likeness (QED) is 0.774. The van der Waals surface area contributed by atoms with Crippen molar-refractivity contribution < 1.29 is 13.9 Å². The summed E-state index contributed by atoms with van der Waals surface area (Å²) in [6, 6.07) is 2.96. The number of hydrogen-bond acceptors (Lipinski definition) is 4. The Morgan fingerprint density at radius 3 is 2.58 bits per heavy atom. The highest BCUT2D eigenvalue weighted by atomic mass is 19.1. The van der Waals surface area contributed by atoms with Crippen LogP contribution in [0, 0.1) is 5.82 Å². The molecule has 19 heavy (non-hydrogen) atoms. The lowest BCUT2D eigenvalue weighted by Gasteiger charge is -2.25. The van der Waals surface area contributed by atoms with E-state index in [1.807, 2.05) is 25.7 Å². The zero-order chi connectivity index (χ0) is 14.4. The molecule has 0 saturated heterocycles. The van der Waals surface area contributed by atoms with Crippen LogP contribution in [-0.4, -0.2) is 32.9 Å². The summed E-state index contributed by atoms with van der Waals surface area (Å²) in [5.41, 5.74) is 7.07. The highest BCUT2D eigenvalue weighted by Crippen LogP contribution is 2.31. The fourth-order valence-electron chi connectivity index (χ4n) is 1.83. The summed E-state index contributed by atoms with van der Waals surface area (Å²) in [4.78, 5) is 2.03. The number of likely N-dealkylation sites (N-methyl/N-ethyl adjacent to an activating group) is 1. The lowest BCUT2D eigenvalue weighted by Crippen LogP contribution is -2.27. The molecule has 1 aromatic carbocycles. The van der Waals surface area contributed by atoms with Crippen LogP contribution < -0.4 is 15.4 Å². The number of nitrogen functional groups attached to an aromatic ring is 1. The Morgan fingerprint density at radius 1 is 1.37 bits per heavy atom. The van der Waals surface area contributed by atoms with Gasteiger partial charge in [0.15, 0.2) is 11.6 Å². The molecule has 0 radical (unpaired) electrons. The van der Waals surface area contributed by atoms with Gasteiger partial charge in [-0.1, -0.05) is 0 Å². The first-order valence-corrected chi connectivity index (χ1v) is 6.49. The summed E-state index contributed by atoms with van der Waals surface area (Å²) >= 11 is 0. The molecular formula is C14H23FN2O2. The minimum atomic E-state index is -0.433. The minimum Gasteiger partial charge on any atom is -0.488 e. The Balaban J connectivity index is 3.04. The Kier molecular flexibility index (Phi) is 5.89. The van der Waals surface area contributed by atoms with Crippen molar-refractivity contribution in [1.29, 1.82) is 0 Å². The lowest BCUT2D eigenvalue weighted by atomic mass is 10.2. The summed E-state index contributed by atoms with van der Waals surface area (Å²) in [7, 11) is 1.65. The van der Waals surface area contributed by atoms with Gasteiger partial charge in [0, 0.05) is 32.3 Å². The van der Waals surface area contributed by atoms with Crippen LogP contribution in [0.15, 0.2) is 12.1 Å². The molecule has 0 amide bonds. The van der Waals surface area contributed by atoms with Gasteiger partial charge in [0.2, 0.25) is 0 Å². The molecule has 0 heterocycles. The fraction of sp³-hybridized carbons (Fsp3) is 0.571. The molecule has 1 aromatic rings. The topological polar surface area (TPSA) is 47.7 Å². The average Bonchev–Trinajstić information content (AvgIpc) is 2.34. The predicted molar refractivity (Wildman–Crippen MR) is 76.3 cm³/mol. The second kappa shape index (κ2) is 7.19. The highest BCUT2D eigenvalue weighted by molar-refractivity contribution is 5.70. The standard InChI is InChI=1S/C14H23FN2O2/c1-5-17(6-7-18-4)13-9-14(19-10(2)3)11(15)8-12(13)16/h8-10H,5-7,16H2,1-4H3. The van der Waals surface area contributed by atoms with Crippen molar-refractivity contribution in [3.8, 4) is 5.75 Å². The Labute approximate surface area is 114 Å². The van der Waals surface area contributed by atoms with Gasteiger partial charge in [-0.2, -0.15) is 0 Å². The van der Waals surface area contributed by atoms with E-state index in [0.717, 1.165) is 12.2 Å². The van der Waals surface area contributed by atoms with Crippen LogP contribution in [-0.2, 0) is 4.74 Å². The van der Waals surface area contributed by atoms with Crippen molar-refractivity contribution in [3.05, 3.63) is 17.9 Å². The maximum absolute atomic E-state index is 13.8. The van der Waals surface area contributed by atoms with Crippen molar-refractivity contribution in [3.63, 3.8) is 0 Å². The zero-order valence-corrected chi connectivity index (χ0v) is 12.1. The van der Waals surface area contributed by atoms with Gasteiger partial charge in [-0.3, -0.25) is 0 Å². The van der Waals surface area contributed by atoms with Crippen LogP contribution in [0.1, 0.15) is 20.8 Å². The van der Waals surface area contributed by atoms with Crippen LogP contribution >= 0.6 is 0 Å². The maximum atomic E-state index is 13.8. The number of anilines is 2. The van der Waals surface area contributed by atoms with E-state index >= 15 is 0 Å². The van der Waals surface area contributed by atoms with Crippen LogP contribution in [0.3, 0.4) is 0 Å². The van der Waals surface area contributed by atoms with E-state index in [1.165, 1.54) is 6.07 Å². The van der Waals surface area contributed by atoms with Gasteiger partial charge in [-0.25, -0.2) is 4.39 Å². The van der Waals surface area contributed by atoms with Gasteiger partial charge in [0.1, 0.15) is 0 Å². The lowest BCUT2D eigenvalue weighted by molar-refractivity contribution is 0.205. The number of hydrogen-bond donors (Lipinski definition) is 1. The summed E-state index contributed by atoms with van der Waals surface area (Å²) in [6.07, 6.45) is -0.0833. The molecule has 0 spiro atoms. The van der Waals surface area contributed by atoms with Gasteiger partial charge < -0.3 is 20.1 Å². The minimum absolute atomic E-state index is 0.0833. The number of rotatable bonds is 7. The van der Waals surface area contributed by atoms with Crippen LogP contribution in [0.5, 0.6) is 5.75 Å². The molecule has 5 heteroatoms. The van der Waals surface area contributed by atoms with Crippen LogP contribution in [0.2, 0.25) is 0 Å². The molecule has 0 aliphatic rings. The molecule has 0 aliphatic heterocycles. The van der Waals surface area contributed by atoms with Crippen LogP contribution in [0.4, 0.5) is 15.8 Å². The first-order chi connectivity index (χ1) is 8.99. The number of nitrogens with two attached hydrogens (primary N) is 1. The van der Waals surface area contributed by atoms with Crippen molar-refractivity contribution in [1.82, 2.24) is 0 Å². The molecular weight excluding hydrogens is 247 g/mol. The second-order valence-electron chi connectivity index (χ2n) is 4.58. The van der Waals surface area contributed by atoms with E-state index in [9.17, 15) is 4.39 Å². The average molecular weight is 270 g/mol. The van der Waals surface area contributed by atoms with Crippen LogP contribution in [0.25, 0.3) is 0 Å². The van der Waals surface area contributed by atoms with E-state index < -0.39 is 5.82 Å². The molecule has 0 atom stereocenters. The Hall–Kier alpha value is -1.49.